The lowest BCUT2D eigenvalue weighted by atomic mass is 9.35. The van der Waals surface area contributed by atoms with E-state index in [9.17, 15) is 4.79 Å². The molecule has 8 unspecified atom stereocenters. The van der Waals surface area contributed by atoms with Gasteiger partial charge in [0.15, 0.2) is 0 Å². The third kappa shape index (κ3) is 2.50. The highest BCUT2D eigenvalue weighted by Crippen LogP contribution is 2.76. The number of hydrogen-bond acceptors (Lipinski definition) is 2. The Hall–Kier alpha value is -0.530. The molecule has 5 aliphatic rings. The molecule has 5 fully saturated rings. The monoisotopic (exact) mass is 400 g/mol. The second-order valence-electron chi connectivity index (χ2n) is 13.4. The Labute approximate surface area is 178 Å². The van der Waals surface area contributed by atoms with E-state index in [1.807, 2.05) is 0 Å². The predicted octanol–water partition coefficient (Wildman–Crippen LogP) is 7.16. The van der Waals surface area contributed by atoms with Gasteiger partial charge >= 0.3 is 5.97 Å². The van der Waals surface area contributed by atoms with Crippen molar-refractivity contribution in [2.24, 2.45) is 45.3 Å². The van der Waals surface area contributed by atoms with Gasteiger partial charge in [0, 0.05) is 12.3 Å². The van der Waals surface area contributed by atoms with Crippen molar-refractivity contribution in [2.75, 3.05) is 0 Å². The number of fused-ring (bicyclic) bond motifs is 5. The first-order valence-electron chi connectivity index (χ1n) is 12.7. The molecule has 0 N–H and O–H groups in total. The zero-order valence-corrected chi connectivity index (χ0v) is 19.9. The third-order valence-corrected chi connectivity index (χ3v) is 12.1. The summed E-state index contributed by atoms with van der Waals surface area (Å²) >= 11 is 0. The summed E-state index contributed by atoms with van der Waals surface area (Å²) in [6, 6.07) is 0. The normalized spacial score (nSPS) is 56.3. The van der Waals surface area contributed by atoms with E-state index in [4.69, 9.17) is 4.74 Å². The van der Waals surface area contributed by atoms with Gasteiger partial charge in [0.2, 0.25) is 0 Å². The standard InChI is InChI=1S/C27H44O2/c1-23(2)13-7-14-24(3)20(23)11-16-26(5)21(24)9-8-18-19(10-15-25(18,26)4)27(6)17-12-22(28)29-27/h18-21H,7-17H2,1-6H3. The van der Waals surface area contributed by atoms with E-state index in [1.165, 1.54) is 57.8 Å². The average Bonchev–Trinajstić information content (AvgIpc) is 3.15. The van der Waals surface area contributed by atoms with E-state index in [0.717, 1.165) is 24.2 Å². The van der Waals surface area contributed by atoms with Crippen molar-refractivity contribution < 1.29 is 9.53 Å². The highest BCUT2D eigenvalue weighted by molar-refractivity contribution is 5.72. The molecule has 1 aliphatic heterocycles. The first-order chi connectivity index (χ1) is 13.5. The van der Waals surface area contributed by atoms with E-state index in [2.05, 4.69) is 41.5 Å². The molecule has 1 heterocycles. The first kappa shape index (κ1) is 20.4. The van der Waals surface area contributed by atoms with E-state index >= 15 is 0 Å². The Bertz CT molecular complexity index is 711. The van der Waals surface area contributed by atoms with Crippen molar-refractivity contribution in [2.45, 2.75) is 118 Å². The quantitative estimate of drug-likeness (QED) is 0.437. The van der Waals surface area contributed by atoms with Gasteiger partial charge in [-0.1, -0.05) is 41.0 Å². The predicted molar refractivity (Wildman–Crippen MR) is 117 cm³/mol. The van der Waals surface area contributed by atoms with Crippen molar-refractivity contribution in [1.82, 2.24) is 0 Å². The number of carbonyl (C=O) groups excluding carboxylic acids is 1. The highest BCUT2D eigenvalue weighted by Gasteiger charge is 2.69. The zero-order valence-electron chi connectivity index (χ0n) is 19.9. The Morgan fingerprint density at radius 3 is 2.14 bits per heavy atom. The fourth-order valence-electron chi connectivity index (χ4n) is 10.5. The molecule has 2 nitrogen and oxygen atoms in total. The van der Waals surface area contributed by atoms with Crippen molar-refractivity contribution in [3.05, 3.63) is 0 Å². The van der Waals surface area contributed by atoms with Crippen molar-refractivity contribution in [3.8, 4) is 0 Å². The van der Waals surface area contributed by atoms with Gasteiger partial charge in [0.25, 0.3) is 0 Å². The van der Waals surface area contributed by atoms with Crippen LogP contribution in [0.1, 0.15) is 112 Å². The van der Waals surface area contributed by atoms with Crippen LogP contribution in [-0.2, 0) is 9.53 Å². The van der Waals surface area contributed by atoms with Crippen LogP contribution in [0.25, 0.3) is 0 Å². The molecule has 0 aromatic rings. The summed E-state index contributed by atoms with van der Waals surface area (Å²) in [5, 5.41) is 0. The molecule has 4 saturated carbocycles. The number of ether oxygens (including phenoxy) is 1. The van der Waals surface area contributed by atoms with Gasteiger partial charge in [-0.05, 0) is 104 Å². The third-order valence-electron chi connectivity index (χ3n) is 12.1. The van der Waals surface area contributed by atoms with Crippen LogP contribution in [0.5, 0.6) is 0 Å². The van der Waals surface area contributed by atoms with Crippen LogP contribution < -0.4 is 0 Å². The Balaban J connectivity index is 1.49. The molecule has 0 spiro atoms. The number of hydrogen-bond donors (Lipinski definition) is 0. The fraction of sp³-hybridized carbons (Fsp3) is 0.963. The molecule has 1 saturated heterocycles. The van der Waals surface area contributed by atoms with Crippen LogP contribution in [-0.4, -0.2) is 11.6 Å². The van der Waals surface area contributed by atoms with Gasteiger partial charge in [-0.25, -0.2) is 0 Å². The molecule has 0 aromatic heterocycles. The van der Waals surface area contributed by atoms with Crippen LogP contribution in [0.2, 0.25) is 0 Å². The summed E-state index contributed by atoms with van der Waals surface area (Å²) in [5.41, 5.74) is 1.69. The van der Waals surface area contributed by atoms with Crippen LogP contribution in [0.3, 0.4) is 0 Å². The highest BCUT2D eigenvalue weighted by atomic mass is 16.6. The topological polar surface area (TPSA) is 26.3 Å². The lowest BCUT2D eigenvalue weighted by Crippen LogP contribution is -2.62. The summed E-state index contributed by atoms with van der Waals surface area (Å²) in [5.74, 6) is 3.11. The Kier molecular flexibility index (Phi) is 4.24. The van der Waals surface area contributed by atoms with Crippen LogP contribution in [0, 0.1) is 45.3 Å². The minimum atomic E-state index is -0.198. The number of cyclic esters (lactones) is 1. The zero-order chi connectivity index (χ0) is 20.9. The molecule has 0 aromatic carbocycles. The molecule has 0 radical (unpaired) electrons. The summed E-state index contributed by atoms with van der Waals surface area (Å²) in [4.78, 5) is 12.0. The van der Waals surface area contributed by atoms with Gasteiger partial charge in [0.05, 0.1) is 0 Å². The SMILES string of the molecule is CC1(C)CCCC2(C)C1CCC1(C)C2CCC2C(C3(C)CCC(=O)O3)CCC21C. The summed E-state index contributed by atoms with van der Waals surface area (Å²) in [6.45, 7) is 15.4. The summed E-state index contributed by atoms with van der Waals surface area (Å²) in [7, 11) is 0. The second kappa shape index (κ2) is 6.04. The average molecular weight is 401 g/mol. The van der Waals surface area contributed by atoms with Crippen molar-refractivity contribution in [3.63, 3.8) is 0 Å². The van der Waals surface area contributed by atoms with Gasteiger partial charge in [-0.3, -0.25) is 4.79 Å². The maximum absolute atomic E-state index is 12.0. The molecular formula is C27H44O2. The van der Waals surface area contributed by atoms with Crippen LogP contribution in [0.15, 0.2) is 0 Å². The van der Waals surface area contributed by atoms with Crippen molar-refractivity contribution in [1.29, 1.82) is 0 Å². The largest absolute Gasteiger partial charge is 0.459 e. The molecule has 29 heavy (non-hydrogen) atoms. The van der Waals surface area contributed by atoms with Gasteiger partial charge in [-0.15, -0.1) is 0 Å². The van der Waals surface area contributed by atoms with Gasteiger partial charge in [0.1, 0.15) is 5.60 Å². The Morgan fingerprint density at radius 2 is 1.45 bits per heavy atom. The van der Waals surface area contributed by atoms with Gasteiger partial charge in [-0.2, -0.15) is 0 Å². The first-order valence-corrected chi connectivity index (χ1v) is 12.7. The Morgan fingerprint density at radius 1 is 0.724 bits per heavy atom. The number of carbonyl (C=O) groups is 1. The fourth-order valence-corrected chi connectivity index (χ4v) is 10.5. The molecule has 5 rings (SSSR count). The minimum absolute atomic E-state index is 0.0402. The minimum Gasteiger partial charge on any atom is -0.459 e. The molecular weight excluding hydrogens is 356 g/mol. The lowest BCUT2D eigenvalue weighted by Gasteiger charge is -2.69. The van der Waals surface area contributed by atoms with Crippen molar-refractivity contribution >= 4 is 5.97 Å². The second-order valence-corrected chi connectivity index (χ2v) is 13.4. The maximum atomic E-state index is 12.0. The molecule has 0 amide bonds. The molecule has 164 valence electrons. The van der Waals surface area contributed by atoms with E-state index in [1.54, 1.807) is 0 Å². The lowest BCUT2D eigenvalue weighted by molar-refractivity contribution is -0.208. The molecule has 8 atom stereocenters. The van der Waals surface area contributed by atoms with Crippen LogP contribution in [0.4, 0.5) is 0 Å². The smallest absolute Gasteiger partial charge is 0.306 e. The van der Waals surface area contributed by atoms with E-state index < -0.39 is 0 Å². The van der Waals surface area contributed by atoms with Crippen LogP contribution >= 0.6 is 0 Å². The number of rotatable bonds is 1. The molecule has 4 aliphatic carbocycles. The summed E-state index contributed by atoms with van der Waals surface area (Å²) < 4.78 is 5.99. The van der Waals surface area contributed by atoms with E-state index in [-0.39, 0.29) is 11.6 Å². The van der Waals surface area contributed by atoms with E-state index in [0.29, 0.717) is 34.0 Å². The molecule has 2 heteroatoms. The van der Waals surface area contributed by atoms with Gasteiger partial charge < -0.3 is 4.74 Å². The summed E-state index contributed by atoms with van der Waals surface area (Å²) in [6.07, 6.45) is 14.1. The maximum Gasteiger partial charge on any atom is 0.306 e. The number of esters is 1. The molecule has 0 bridgehead atoms.